The first-order valence-electron chi connectivity index (χ1n) is 5.34. The molecule has 0 aliphatic heterocycles. The van der Waals surface area contributed by atoms with Gasteiger partial charge in [-0.15, -0.1) is 0 Å². The summed E-state index contributed by atoms with van der Waals surface area (Å²) in [4.78, 5) is 13.8. The summed E-state index contributed by atoms with van der Waals surface area (Å²) >= 11 is 1.35. The van der Waals surface area contributed by atoms with Gasteiger partial charge in [0.2, 0.25) is 5.82 Å². The molecule has 5 nitrogen and oxygen atoms in total. The zero-order valence-corrected chi connectivity index (χ0v) is 10.6. The molecule has 1 aromatic carbocycles. The van der Waals surface area contributed by atoms with Crippen molar-refractivity contribution in [2.45, 2.75) is 10.8 Å². The molecule has 1 heterocycles. The summed E-state index contributed by atoms with van der Waals surface area (Å²) in [5, 5.41) is 11.1. The van der Waals surface area contributed by atoms with Gasteiger partial charge in [0.1, 0.15) is 5.03 Å². The fraction of sp³-hybridized carbons (Fsp3) is 0.0833. The predicted octanol–water partition coefficient (Wildman–Crippen LogP) is 3.00. The second kappa shape index (κ2) is 5.66. The van der Waals surface area contributed by atoms with Crippen molar-refractivity contribution >= 4 is 23.1 Å². The molecule has 0 bridgehead atoms. The van der Waals surface area contributed by atoms with E-state index < -0.39 is 16.4 Å². The molecule has 0 radical (unpaired) electrons. The molecule has 0 saturated heterocycles. The lowest BCUT2D eigenvalue weighted by Crippen LogP contribution is -1.94. The van der Waals surface area contributed by atoms with Crippen LogP contribution in [0.5, 0.6) is 0 Å². The van der Waals surface area contributed by atoms with Crippen molar-refractivity contribution in [2.24, 2.45) is 0 Å². The zero-order chi connectivity index (χ0) is 13.8. The van der Waals surface area contributed by atoms with Gasteiger partial charge in [0, 0.05) is 18.0 Å². The van der Waals surface area contributed by atoms with Crippen molar-refractivity contribution < 1.29 is 9.31 Å². The molecule has 0 amide bonds. The largest absolute Gasteiger partial charge is 0.397 e. The molecule has 2 N–H and O–H groups in total. The Bertz CT molecular complexity index is 622. The number of aromatic nitrogens is 1. The fourth-order valence-electron chi connectivity index (χ4n) is 1.46. The minimum Gasteiger partial charge on any atom is -0.397 e. The highest BCUT2D eigenvalue weighted by Gasteiger charge is 2.13. The molecule has 19 heavy (non-hydrogen) atoms. The summed E-state index contributed by atoms with van der Waals surface area (Å²) in [6, 6.07) is 7.29. The van der Waals surface area contributed by atoms with Crippen molar-refractivity contribution in [3.63, 3.8) is 0 Å². The van der Waals surface area contributed by atoms with Crippen molar-refractivity contribution in [3.05, 3.63) is 58.0 Å². The lowest BCUT2D eigenvalue weighted by atomic mass is 10.2. The molecule has 0 saturated carbocycles. The zero-order valence-electron chi connectivity index (χ0n) is 9.75. The number of thioether (sulfide) groups is 1. The number of nitrogens with zero attached hydrogens (tertiary/aromatic N) is 2. The third-order valence-corrected chi connectivity index (χ3v) is 3.48. The second-order valence-corrected chi connectivity index (χ2v) is 4.69. The van der Waals surface area contributed by atoms with E-state index >= 15 is 0 Å². The monoisotopic (exact) mass is 279 g/mol. The van der Waals surface area contributed by atoms with Crippen LogP contribution >= 0.6 is 11.8 Å². The summed E-state index contributed by atoms with van der Waals surface area (Å²) in [6.45, 7) is 0. The van der Waals surface area contributed by atoms with Crippen LogP contribution in [0.3, 0.4) is 0 Å². The number of nitrogen functional groups attached to an aromatic ring is 1. The van der Waals surface area contributed by atoms with E-state index in [0.717, 1.165) is 12.1 Å². The number of nitrogens with two attached hydrogens (primary N) is 1. The molecular formula is C12H10FN3O2S. The van der Waals surface area contributed by atoms with Crippen LogP contribution in [-0.2, 0) is 5.75 Å². The number of anilines is 1. The maximum absolute atomic E-state index is 13.4. The number of nitro benzene ring substituents is 1. The normalized spacial score (nSPS) is 10.4. The molecule has 2 aromatic rings. The van der Waals surface area contributed by atoms with E-state index in [9.17, 15) is 14.5 Å². The average molecular weight is 279 g/mol. The lowest BCUT2D eigenvalue weighted by molar-refractivity contribution is -0.387. The molecule has 1 aromatic heterocycles. The SMILES string of the molecule is Nc1cccnc1SCc1ccc([N+](=O)[O-])c(F)c1. The van der Waals surface area contributed by atoms with E-state index in [0.29, 0.717) is 22.0 Å². The minimum atomic E-state index is -0.836. The third-order valence-electron chi connectivity index (χ3n) is 2.38. The summed E-state index contributed by atoms with van der Waals surface area (Å²) in [7, 11) is 0. The van der Waals surface area contributed by atoms with Gasteiger partial charge in [-0.1, -0.05) is 17.8 Å². The van der Waals surface area contributed by atoms with E-state index in [1.807, 2.05) is 0 Å². The molecule has 0 atom stereocenters. The number of nitro groups is 1. The molecule has 2 rings (SSSR count). The highest BCUT2D eigenvalue weighted by molar-refractivity contribution is 7.98. The molecule has 7 heteroatoms. The van der Waals surface area contributed by atoms with Crippen LogP contribution in [0.15, 0.2) is 41.6 Å². The van der Waals surface area contributed by atoms with E-state index in [2.05, 4.69) is 4.98 Å². The van der Waals surface area contributed by atoms with Gasteiger partial charge in [-0.05, 0) is 23.8 Å². The van der Waals surface area contributed by atoms with E-state index in [-0.39, 0.29) is 0 Å². The van der Waals surface area contributed by atoms with E-state index in [4.69, 9.17) is 5.73 Å². The summed E-state index contributed by atoms with van der Waals surface area (Å²) in [5.74, 6) is -0.395. The predicted molar refractivity (Wildman–Crippen MR) is 71.3 cm³/mol. The number of hydrogen-bond donors (Lipinski definition) is 1. The Morgan fingerprint density at radius 3 is 2.84 bits per heavy atom. The van der Waals surface area contributed by atoms with Crippen LogP contribution in [-0.4, -0.2) is 9.91 Å². The van der Waals surface area contributed by atoms with Crippen LogP contribution < -0.4 is 5.73 Å². The Balaban J connectivity index is 2.11. The fourth-order valence-corrected chi connectivity index (χ4v) is 2.32. The molecule has 0 fully saturated rings. The molecule has 98 valence electrons. The summed E-state index contributed by atoms with van der Waals surface area (Å²) < 4.78 is 13.4. The highest BCUT2D eigenvalue weighted by atomic mass is 32.2. The second-order valence-electron chi connectivity index (χ2n) is 3.73. The Labute approximate surface area is 112 Å². The highest BCUT2D eigenvalue weighted by Crippen LogP contribution is 2.27. The van der Waals surface area contributed by atoms with Crippen molar-refractivity contribution in [3.8, 4) is 0 Å². The van der Waals surface area contributed by atoms with Gasteiger partial charge in [0.05, 0.1) is 10.6 Å². The number of rotatable bonds is 4. The standard InChI is InChI=1S/C12H10FN3O2S/c13-9-6-8(3-4-11(9)16(17)18)7-19-12-10(14)2-1-5-15-12/h1-6H,7,14H2. The number of hydrogen-bond acceptors (Lipinski definition) is 5. The van der Waals surface area contributed by atoms with Gasteiger partial charge in [0.25, 0.3) is 0 Å². The number of halogens is 1. The first kappa shape index (κ1) is 13.3. The quantitative estimate of drug-likeness (QED) is 0.528. The number of pyridine rings is 1. The molecule has 0 spiro atoms. The Hall–Kier alpha value is -2.15. The first-order chi connectivity index (χ1) is 9.08. The summed E-state index contributed by atoms with van der Waals surface area (Å²) in [5.41, 5.74) is 6.40. The van der Waals surface area contributed by atoms with Crippen LogP contribution in [0.2, 0.25) is 0 Å². The summed E-state index contributed by atoms with van der Waals surface area (Å²) in [6.07, 6.45) is 1.62. The van der Waals surface area contributed by atoms with Crippen LogP contribution in [0.25, 0.3) is 0 Å². The van der Waals surface area contributed by atoms with Gasteiger partial charge in [-0.25, -0.2) is 4.98 Å². The maximum Gasteiger partial charge on any atom is 0.304 e. The van der Waals surface area contributed by atoms with Crippen LogP contribution in [0, 0.1) is 15.9 Å². The third kappa shape index (κ3) is 3.19. The van der Waals surface area contributed by atoms with Crippen LogP contribution in [0.4, 0.5) is 15.8 Å². The molecule has 0 aliphatic carbocycles. The Morgan fingerprint density at radius 2 is 2.21 bits per heavy atom. The van der Waals surface area contributed by atoms with Gasteiger partial charge in [-0.3, -0.25) is 10.1 Å². The Kier molecular flexibility index (Phi) is 3.96. The average Bonchev–Trinajstić information content (AvgIpc) is 2.37. The molecule has 0 unspecified atom stereocenters. The van der Waals surface area contributed by atoms with Gasteiger partial charge in [-0.2, -0.15) is 4.39 Å². The maximum atomic E-state index is 13.4. The van der Waals surface area contributed by atoms with Gasteiger partial charge < -0.3 is 5.73 Å². The Morgan fingerprint density at radius 1 is 1.42 bits per heavy atom. The van der Waals surface area contributed by atoms with Crippen molar-refractivity contribution in [1.29, 1.82) is 0 Å². The van der Waals surface area contributed by atoms with Gasteiger partial charge in [0.15, 0.2) is 0 Å². The minimum absolute atomic E-state index is 0.441. The topological polar surface area (TPSA) is 82.0 Å². The van der Waals surface area contributed by atoms with Crippen LogP contribution in [0.1, 0.15) is 5.56 Å². The van der Waals surface area contributed by atoms with E-state index in [1.165, 1.54) is 17.8 Å². The van der Waals surface area contributed by atoms with E-state index in [1.54, 1.807) is 18.3 Å². The molecule has 0 aliphatic rings. The lowest BCUT2D eigenvalue weighted by Gasteiger charge is -2.04. The first-order valence-corrected chi connectivity index (χ1v) is 6.32. The molecular weight excluding hydrogens is 269 g/mol. The van der Waals surface area contributed by atoms with Crippen molar-refractivity contribution in [2.75, 3.05) is 5.73 Å². The number of benzene rings is 1. The smallest absolute Gasteiger partial charge is 0.304 e. The van der Waals surface area contributed by atoms with Crippen molar-refractivity contribution in [1.82, 2.24) is 4.98 Å². The van der Waals surface area contributed by atoms with Gasteiger partial charge >= 0.3 is 5.69 Å².